The SMILES string of the molecule is Cc1ccc(S(=O)(=O)O)cc1.OCCCC(COc1ccc(F)cc1)OCc1ccccc1. The number of hydrogen-bond donors (Lipinski definition) is 2. The van der Waals surface area contributed by atoms with E-state index in [4.69, 9.17) is 19.1 Å². The first-order valence-corrected chi connectivity index (χ1v) is 11.9. The molecule has 6 nitrogen and oxygen atoms in total. The van der Waals surface area contributed by atoms with E-state index >= 15 is 0 Å². The molecule has 3 aromatic rings. The smallest absolute Gasteiger partial charge is 0.294 e. The molecule has 0 spiro atoms. The number of ether oxygens (including phenoxy) is 2. The standard InChI is InChI=1S/C18H21FO3.C7H8O3S/c19-16-8-10-17(11-9-16)22-14-18(7-4-12-20)21-13-15-5-2-1-3-6-15;1-6-2-4-7(5-3-6)11(8,9)10/h1-3,5-6,8-11,18,20H,4,7,12-14H2;2-5H,1H3,(H,8,9,10). The summed E-state index contributed by atoms with van der Waals surface area (Å²) < 4.78 is 53.9. The normalized spacial score (nSPS) is 11.9. The first-order chi connectivity index (χ1) is 15.8. The van der Waals surface area contributed by atoms with E-state index in [2.05, 4.69) is 0 Å². The molecular weight excluding hydrogens is 447 g/mol. The van der Waals surface area contributed by atoms with Crippen LogP contribution in [0.3, 0.4) is 0 Å². The summed E-state index contributed by atoms with van der Waals surface area (Å²) in [6.45, 7) is 2.84. The fourth-order valence-corrected chi connectivity index (χ4v) is 3.23. The van der Waals surface area contributed by atoms with Crippen LogP contribution in [0.1, 0.15) is 24.0 Å². The molecule has 3 rings (SSSR count). The number of aryl methyl sites for hydroxylation is 1. The minimum Gasteiger partial charge on any atom is -0.491 e. The van der Waals surface area contributed by atoms with E-state index in [0.29, 0.717) is 31.8 Å². The molecule has 1 atom stereocenters. The van der Waals surface area contributed by atoms with Gasteiger partial charge in [0.2, 0.25) is 0 Å². The van der Waals surface area contributed by atoms with E-state index in [1.165, 1.54) is 24.3 Å². The molecule has 0 fully saturated rings. The highest BCUT2D eigenvalue weighted by Crippen LogP contribution is 2.14. The maximum absolute atomic E-state index is 12.9. The van der Waals surface area contributed by atoms with Crippen LogP contribution < -0.4 is 4.74 Å². The second-order valence-electron chi connectivity index (χ2n) is 7.34. The van der Waals surface area contributed by atoms with E-state index in [1.54, 1.807) is 24.3 Å². The Balaban J connectivity index is 0.000000294. The van der Waals surface area contributed by atoms with Crippen molar-refractivity contribution in [2.45, 2.75) is 37.4 Å². The van der Waals surface area contributed by atoms with Crippen LogP contribution in [0, 0.1) is 12.7 Å². The van der Waals surface area contributed by atoms with Gasteiger partial charge in [-0.25, -0.2) is 4.39 Å². The monoisotopic (exact) mass is 476 g/mol. The number of aliphatic hydroxyl groups excluding tert-OH is 1. The maximum Gasteiger partial charge on any atom is 0.294 e. The van der Waals surface area contributed by atoms with Crippen LogP contribution in [0.4, 0.5) is 4.39 Å². The zero-order valence-electron chi connectivity index (χ0n) is 18.4. The number of hydrogen-bond acceptors (Lipinski definition) is 5. The van der Waals surface area contributed by atoms with Gasteiger partial charge in [-0.2, -0.15) is 8.42 Å². The first-order valence-electron chi connectivity index (χ1n) is 10.5. The summed E-state index contributed by atoms with van der Waals surface area (Å²) in [6.07, 6.45) is 1.26. The second-order valence-corrected chi connectivity index (χ2v) is 8.76. The molecule has 0 aliphatic carbocycles. The van der Waals surface area contributed by atoms with Gasteiger partial charge in [0, 0.05) is 6.61 Å². The van der Waals surface area contributed by atoms with Gasteiger partial charge in [-0.05, 0) is 61.7 Å². The number of rotatable bonds is 10. The quantitative estimate of drug-likeness (QED) is 0.408. The van der Waals surface area contributed by atoms with Crippen molar-refractivity contribution >= 4 is 10.1 Å². The molecule has 0 saturated heterocycles. The second kappa shape index (κ2) is 13.7. The highest BCUT2D eigenvalue weighted by atomic mass is 32.2. The lowest BCUT2D eigenvalue weighted by Crippen LogP contribution is -2.22. The van der Waals surface area contributed by atoms with E-state index < -0.39 is 10.1 Å². The van der Waals surface area contributed by atoms with Crippen molar-refractivity contribution in [1.29, 1.82) is 0 Å². The molecule has 1 unspecified atom stereocenters. The van der Waals surface area contributed by atoms with Crippen LogP contribution in [0.2, 0.25) is 0 Å². The summed E-state index contributed by atoms with van der Waals surface area (Å²) in [5.41, 5.74) is 2.05. The third-order valence-corrected chi connectivity index (χ3v) is 5.45. The molecule has 0 aliphatic rings. The van der Waals surface area contributed by atoms with Gasteiger partial charge < -0.3 is 14.6 Å². The molecule has 33 heavy (non-hydrogen) atoms. The van der Waals surface area contributed by atoms with Gasteiger partial charge >= 0.3 is 0 Å². The molecule has 3 aromatic carbocycles. The molecular formula is C25H29FO6S. The average Bonchev–Trinajstić information content (AvgIpc) is 2.80. The van der Waals surface area contributed by atoms with E-state index in [1.807, 2.05) is 37.3 Å². The summed E-state index contributed by atoms with van der Waals surface area (Å²) in [4.78, 5) is -0.0666. The zero-order chi connectivity index (χ0) is 24.1. The van der Waals surface area contributed by atoms with Crippen LogP contribution >= 0.6 is 0 Å². The Labute approximate surface area is 194 Å². The van der Waals surface area contributed by atoms with Crippen LogP contribution in [-0.2, 0) is 21.5 Å². The largest absolute Gasteiger partial charge is 0.491 e. The molecule has 0 aromatic heterocycles. The number of aliphatic hydroxyl groups is 1. The molecule has 0 aliphatic heterocycles. The highest BCUT2D eigenvalue weighted by Gasteiger charge is 2.11. The predicted molar refractivity (Wildman–Crippen MR) is 124 cm³/mol. The number of halogens is 1. The van der Waals surface area contributed by atoms with E-state index in [-0.39, 0.29) is 23.4 Å². The highest BCUT2D eigenvalue weighted by molar-refractivity contribution is 7.85. The Morgan fingerprint density at radius 3 is 2.15 bits per heavy atom. The van der Waals surface area contributed by atoms with Crippen molar-refractivity contribution in [2.24, 2.45) is 0 Å². The van der Waals surface area contributed by atoms with Gasteiger partial charge in [0.15, 0.2) is 0 Å². The lowest BCUT2D eigenvalue weighted by molar-refractivity contribution is 0.00122. The Kier molecular flexibility index (Phi) is 11.0. The minimum absolute atomic E-state index is 0.0666. The maximum atomic E-state index is 12.9. The predicted octanol–water partition coefficient (Wildman–Crippen LogP) is 4.80. The summed E-state index contributed by atoms with van der Waals surface area (Å²) in [7, 11) is -4.02. The summed E-state index contributed by atoms with van der Waals surface area (Å²) in [6, 6.07) is 21.8. The number of benzene rings is 3. The molecule has 0 radical (unpaired) electrons. The van der Waals surface area contributed by atoms with Gasteiger partial charge in [-0.1, -0.05) is 48.0 Å². The van der Waals surface area contributed by atoms with Crippen molar-refractivity contribution < 1.29 is 31.9 Å². The van der Waals surface area contributed by atoms with Gasteiger partial charge in [-0.15, -0.1) is 0 Å². The van der Waals surface area contributed by atoms with Gasteiger partial charge in [0.05, 0.1) is 17.6 Å². The van der Waals surface area contributed by atoms with Gasteiger partial charge in [0.25, 0.3) is 10.1 Å². The van der Waals surface area contributed by atoms with Gasteiger partial charge in [-0.3, -0.25) is 4.55 Å². The Morgan fingerprint density at radius 1 is 0.939 bits per heavy atom. The Bertz CT molecular complexity index is 1040. The zero-order valence-corrected chi connectivity index (χ0v) is 19.2. The third kappa shape index (κ3) is 10.6. The Hall–Kier alpha value is -2.78. The fraction of sp³-hybridized carbons (Fsp3) is 0.280. The molecule has 0 saturated carbocycles. The van der Waals surface area contributed by atoms with Crippen molar-refractivity contribution in [3.05, 3.63) is 95.8 Å². The molecule has 2 N–H and O–H groups in total. The van der Waals surface area contributed by atoms with Crippen LogP contribution in [0.15, 0.2) is 83.8 Å². The third-order valence-electron chi connectivity index (χ3n) is 4.58. The molecule has 8 heteroatoms. The molecule has 178 valence electrons. The minimum atomic E-state index is -4.02. The molecule has 0 amide bonds. The first kappa shape index (κ1) is 26.5. The summed E-state index contributed by atoms with van der Waals surface area (Å²) >= 11 is 0. The fourth-order valence-electron chi connectivity index (χ4n) is 2.75. The van der Waals surface area contributed by atoms with E-state index in [9.17, 15) is 12.8 Å². The topological polar surface area (TPSA) is 93.1 Å². The van der Waals surface area contributed by atoms with Crippen molar-refractivity contribution in [2.75, 3.05) is 13.2 Å². The van der Waals surface area contributed by atoms with Crippen LogP contribution in [0.25, 0.3) is 0 Å². The van der Waals surface area contributed by atoms with E-state index in [0.717, 1.165) is 11.1 Å². The molecule has 0 bridgehead atoms. The van der Waals surface area contributed by atoms with Crippen molar-refractivity contribution in [3.8, 4) is 5.75 Å². The average molecular weight is 477 g/mol. The lowest BCUT2D eigenvalue weighted by Gasteiger charge is -2.18. The van der Waals surface area contributed by atoms with Crippen LogP contribution in [0.5, 0.6) is 5.75 Å². The summed E-state index contributed by atoms with van der Waals surface area (Å²) in [5, 5.41) is 8.98. The molecule has 0 heterocycles. The van der Waals surface area contributed by atoms with Crippen molar-refractivity contribution in [3.63, 3.8) is 0 Å². The Morgan fingerprint density at radius 2 is 1.58 bits per heavy atom. The summed E-state index contributed by atoms with van der Waals surface area (Å²) in [5.74, 6) is 0.322. The van der Waals surface area contributed by atoms with Crippen molar-refractivity contribution in [1.82, 2.24) is 0 Å². The van der Waals surface area contributed by atoms with Gasteiger partial charge in [0.1, 0.15) is 18.2 Å². The lowest BCUT2D eigenvalue weighted by atomic mass is 10.2. The van der Waals surface area contributed by atoms with Crippen LogP contribution in [-0.4, -0.2) is 37.4 Å².